The fourth-order valence-corrected chi connectivity index (χ4v) is 2.20. The monoisotopic (exact) mass is 275 g/mol. The van der Waals surface area contributed by atoms with Crippen molar-refractivity contribution in [3.63, 3.8) is 0 Å². The van der Waals surface area contributed by atoms with Crippen molar-refractivity contribution in [2.24, 2.45) is 0 Å². The number of halogens is 2. The van der Waals surface area contributed by atoms with Crippen LogP contribution in [0.5, 0.6) is 0 Å². The van der Waals surface area contributed by atoms with Gasteiger partial charge in [0.2, 0.25) is 0 Å². The van der Waals surface area contributed by atoms with E-state index >= 15 is 0 Å². The molecule has 96 valence electrons. The summed E-state index contributed by atoms with van der Waals surface area (Å²) in [6.45, 7) is 1.99. The second-order valence-corrected chi connectivity index (χ2v) is 4.81. The third-order valence-corrected chi connectivity index (χ3v) is 3.30. The number of rotatable bonds is 1. The first-order valence-corrected chi connectivity index (χ1v) is 6.13. The van der Waals surface area contributed by atoms with Crippen LogP contribution >= 0.6 is 11.6 Å². The number of hydrogen-bond donors (Lipinski definition) is 1. The summed E-state index contributed by atoms with van der Waals surface area (Å²) in [6.07, 6.45) is 1.86. The Balaban J connectivity index is 2.24. The molecule has 2 N–H and O–H groups in total. The maximum atomic E-state index is 13.2. The van der Waals surface area contributed by atoms with Crippen molar-refractivity contribution in [1.82, 2.24) is 9.38 Å². The average molecular weight is 276 g/mol. The number of nitrogens with zero attached hydrogens (tertiary/aromatic N) is 2. The molecule has 3 rings (SSSR count). The van der Waals surface area contributed by atoms with Crippen molar-refractivity contribution in [2.75, 3.05) is 5.73 Å². The van der Waals surface area contributed by atoms with Crippen molar-refractivity contribution in [3.8, 4) is 11.3 Å². The van der Waals surface area contributed by atoms with Gasteiger partial charge in [-0.3, -0.25) is 4.40 Å². The third kappa shape index (κ3) is 1.94. The summed E-state index contributed by atoms with van der Waals surface area (Å²) in [5.41, 5.74) is 9.23. The average Bonchev–Trinajstić information content (AvgIpc) is 2.70. The lowest BCUT2D eigenvalue weighted by molar-refractivity contribution is 0.628. The molecule has 1 aromatic carbocycles. The molecule has 3 nitrogen and oxygen atoms in total. The Kier molecular flexibility index (Phi) is 2.68. The van der Waals surface area contributed by atoms with Crippen LogP contribution in [0.3, 0.4) is 0 Å². The molecule has 0 fully saturated rings. The molecule has 0 aliphatic heterocycles. The SMILES string of the molecule is Cc1ccn2c(N)c(-c3ccc(F)c(Cl)c3)nc2c1. The van der Waals surface area contributed by atoms with Gasteiger partial charge in [-0.05, 0) is 42.8 Å². The molecule has 0 saturated carbocycles. The van der Waals surface area contributed by atoms with Crippen molar-refractivity contribution >= 4 is 23.1 Å². The van der Waals surface area contributed by atoms with E-state index in [1.54, 1.807) is 10.5 Å². The summed E-state index contributed by atoms with van der Waals surface area (Å²) in [5.74, 6) is 0.0567. The Bertz CT molecular complexity index is 780. The van der Waals surface area contributed by atoms with Crippen molar-refractivity contribution in [3.05, 3.63) is 52.9 Å². The number of aromatic nitrogens is 2. The molecule has 19 heavy (non-hydrogen) atoms. The highest BCUT2D eigenvalue weighted by Gasteiger charge is 2.12. The van der Waals surface area contributed by atoms with Crippen LogP contribution in [0.25, 0.3) is 16.9 Å². The van der Waals surface area contributed by atoms with E-state index in [9.17, 15) is 4.39 Å². The highest BCUT2D eigenvalue weighted by atomic mass is 35.5. The van der Waals surface area contributed by atoms with Crippen LogP contribution in [0.15, 0.2) is 36.5 Å². The number of aryl methyl sites for hydroxylation is 1. The molecule has 0 radical (unpaired) electrons. The predicted molar refractivity (Wildman–Crippen MR) is 74.7 cm³/mol. The highest BCUT2D eigenvalue weighted by Crippen LogP contribution is 2.29. The molecule has 0 bridgehead atoms. The summed E-state index contributed by atoms with van der Waals surface area (Å²) in [4.78, 5) is 4.47. The summed E-state index contributed by atoms with van der Waals surface area (Å²) in [5, 5.41) is 0.0603. The van der Waals surface area contributed by atoms with Crippen LogP contribution in [0.4, 0.5) is 10.2 Å². The number of nitrogens with two attached hydrogens (primary N) is 1. The lowest BCUT2D eigenvalue weighted by atomic mass is 10.1. The number of benzene rings is 1. The van der Waals surface area contributed by atoms with E-state index in [0.717, 1.165) is 11.2 Å². The van der Waals surface area contributed by atoms with Crippen LogP contribution in [0, 0.1) is 12.7 Å². The fourth-order valence-electron chi connectivity index (χ4n) is 2.02. The zero-order chi connectivity index (χ0) is 13.6. The van der Waals surface area contributed by atoms with E-state index in [4.69, 9.17) is 17.3 Å². The molecular weight excluding hydrogens is 265 g/mol. The van der Waals surface area contributed by atoms with E-state index in [2.05, 4.69) is 4.98 Å². The summed E-state index contributed by atoms with van der Waals surface area (Å²) < 4.78 is 15.0. The van der Waals surface area contributed by atoms with Crippen LogP contribution < -0.4 is 5.73 Å². The molecule has 0 saturated heterocycles. The minimum absolute atomic E-state index is 0.0603. The molecule has 2 heterocycles. The predicted octanol–water partition coefficient (Wildman–Crippen LogP) is 3.68. The molecule has 0 spiro atoms. The van der Waals surface area contributed by atoms with Crippen LogP contribution in [0.2, 0.25) is 5.02 Å². The van der Waals surface area contributed by atoms with Gasteiger partial charge in [-0.2, -0.15) is 0 Å². The van der Waals surface area contributed by atoms with E-state index in [1.165, 1.54) is 12.1 Å². The van der Waals surface area contributed by atoms with Crippen molar-refractivity contribution < 1.29 is 4.39 Å². The zero-order valence-corrected chi connectivity index (χ0v) is 10.9. The van der Waals surface area contributed by atoms with Gasteiger partial charge in [0, 0.05) is 11.8 Å². The minimum Gasteiger partial charge on any atom is -0.383 e. The lowest BCUT2D eigenvalue weighted by Gasteiger charge is -2.01. The Morgan fingerprint density at radius 1 is 1.26 bits per heavy atom. The first kappa shape index (κ1) is 12.0. The maximum Gasteiger partial charge on any atom is 0.141 e. The van der Waals surface area contributed by atoms with E-state index < -0.39 is 5.82 Å². The molecule has 0 amide bonds. The van der Waals surface area contributed by atoms with E-state index in [1.807, 2.05) is 25.3 Å². The summed E-state index contributed by atoms with van der Waals surface area (Å²) >= 11 is 5.79. The van der Waals surface area contributed by atoms with E-state index in [-0.39, 0.29) is 5.02 Å². The maximum absolute atomic E-state index is 13.2. The summed E-state index contributed by atoms with van der Waals surface area (Å²) in [6, 6.07) is 8.35. The fraction of sp³-hybridized carbons (Fsp3) is 0.0714. The Labute approximate surface area is 114 Å². The zero-order valence-electron chi connectivity index (χ0n) is 10.2. The normalized spacial score (nSPS) is 11.1. The van der Waals surface area contributed by atoms with Gasteiger partial charge in [-0.1, -0.05) is 11.6 Å². The van der Waals surface area contributed by atoms with Gasteiger partial charge in [-0.15, -0.1) is 0 Å². The molecule has 0 atom stereocenters. The first-order valence-electron chi connectivity index (χ1n) is 5.76. The van der Waals surface area contributed by atoms with Crippen LogP contribution in [-0.4, -0.2) is 9.38 Å². The topological polar surface area (TPSA) is 43.3 Å². The van der Waals surface area contributed by atoms with Gasteiger partial charge in [0.25, 0.3) is 0 Å². The molecule has 2 aromatic heterocycles. The van der Waals surface area contributed by atoms with Crippen LogP contribution in [0.1, 0.15) is 5.56 Å². The van der Waals surface area contributed by atoms with Gasteiger partial charge in [0.15, 0.2) is 0 Å². The number of anilines is 1. The number of imidazole rings is 1. The second kappa shape index (κ2) is 4.24. The summed E-state index contributed by atoms with van der Waals surface area (Å²) in [7, 11) is 0. The lowest BCUT2D eigenvalue weighted by Crippen LogP contribution is -1.94. The quantitative estimate of drug-likeness (QED) is 0.736. The largest absolute Gasteiger partial charge is 0.383 e. The third-order valence-electron chi connectivity index (χ3n) is 3.01. The number of fused-ring (bicyclic) bond motifs is 1. The number of pyridine rings is 1. The Morgan fingerprint density at radius 3 is 2.79 bits per heavy atom. The molecule has 5 heteroatoms. The Morgan fingerprint density at radius 2 is 2.05 bits per heavy atom. The molecular formula is C14H11ClFN3. The van der Waals surface area contributed by atoms with E-state index in [0.29, 0.717) is 17.1 Å². The van der Waals surface area contributed by atoms with Crippen molar-refractivity contribution in [1.29, 1.82) is 0 Å². The standard InChI is InChI=1S/C14H11ClFN3/c1-8-4-5-19-12(6-8)18-13(14(19)17)9-2-3-11(16)10(15)7-9/h2-7H,17H2,1H3. The molecule has 0 aliphatic carbocycles. The number of hydrogen-bond acceptors (Lipinski definition) is 2. The Hall–Kier alpha value is -2.07. The molecule has 0 aliphatic rings. The second-order valence-electron chi connectivity index (χ2n) is 4.41. The first-order chi connectivity index (χ1) is 9.06. The highest BCUT2D eigenvalue weighted by molar-refractivity contribution is 6.31. The van der Waals surface area contributed by atoms with Gasteiger partial charge < -0.3 is 5.73 Å². The molecule has 3 aromatic rings. The van der Waals surface area contributed by atoms with Gasteiger partial charge in [0.05, 0.1) is 5.02 Å². The van der Waals surface area contributed by atoms with Crippen molar-refractivity contribution in [2.45, 2.75) is 6.92 Å². The van der Waals surface area contributed by atoms with Gasteiger partial charge in [0.1, 0.15) is 23.0 Å². The van der Waals surface area contributed by atoms with Gasteiger partial charge >= 0.3 is 0 Å². The smallest absolute Gasteiger partial charge is 0.141 e. The molecule has 0 unspecified atom stereocenters. The van der Waals surface area contributed by atoms with Gasteiger partial charge in [-0.25, -0.2) is 9.37 Å². The van der Waals surface area contributed by atoms with Crippen LogP contribution in [-0.2, 0) is 0 Å². The minimum atomic E-state index is -0.455. The number of nitrogen functional groups attached to an aromatic ring is 1.